The van der Waals surface area contributed by atoms with Gasteiger partial charge in [0.2, 0.25) is 0 Å². The molecule has 0 radical (unpaired) electrons. The minimum absolute atomic E-state index is 0.0238. The molecule has 14 heavy (non-hydrogen) atoms. The van der Waals surface area contributed by atoms with Gasteiger partial charge in [-0.1, -0.05) is 11.6 Å². The molecule has 0 heterocycles. The number of benzene rings is 1. The van der Waals surface area contributed by atoms with Crippen LogP contribution in [-0.2, 0) is 6.54 Å². The van der Waals surface area contributed by atoms with Crippen molar-refractivity contribution in [2.24, 2.45) is 0 Å². The zero-order valence-corrected chi connectivity index (χ0v) is 8.03. The second kappa shape index (κ2) is 4.54. The molecule has 0 spiro atoms. The molecule has 78 valence electrons. The number of hydroxylamine groups is 1. The molecule has 0 aliphatic heterocycles. The molecular formula is C8H8ClF2NO2. The van der Waals surface area contributed by atoms with Gasteiger partial charge >= 0.3 is 0 Å². The summed E-state index contributed by atoms with van der Waals surface area (Å²) in [6.07, 6.45) is 0. The number of hydrogen-bond donors (Lipinski definition) is 2. The van der Waals surface area contributed by atoms with E-state index in [1.807, 2.05) is 0 Å². The number of methoxy groups -OCH3 is 1. The molecule has 0 aromatic heterocycles. The summed E-state index contributed by atoms with van der Waals surface area (Å²) in [5.41, 5.74) is 1.77. The predicted octanol–water partition coefficient (Wildman–Crippen LogP) is 2.11. The first-order chi connectivity index (χ1) is 6.61. The fourth-order valence-corrected chi connectivity index (χ4v) is 1.24. The third-order valence-electron chi connectivity index (χ3n) is 1.66. The maximum Gasteiger partial charge on any atom is 0.192 e. The van der Waals surface area contributed by atoms with Crippen LogP contribution in [0, 0.1) is 11.6 Å². The Morgan fingerprint density at radius 2 is 2.14 bits per heavy atom. The Morgan fingerprint density at radius 3 is 2.64 bits per heavy atom. The zero-order chi connectivity index (χ0) is 10.7. The number of halogens is 3. The standard InChI is InChI=1S/C8H8ClF2NO2/c1-14-8-6(10)4(3-12-13)2-5(9)7(8)11/h2,12-13H,3H2,1H3. The summed E-state index contributed by atoms with van der Waals surface area (Å²) in [4.78, 5) is 0. The van der Waals surface area contributed by atoms with E-state index in [9.17, 15) is 8.78 Å². The van der Waals surface area contributed by atoms with Crippen molar-refractivity contribution >= 4 is 11.6 Å². The number of rotatable bonds is 3. The Bertz CT molecular complexity index is 347. The molecule has 0 amide bonds. The van der Waals surface area contributed by atoms with Gasteiger partial charge in [-0.25, -0.2) is 14.3 Å². The Balaban J connectivity index is 3.27. The van der Waals surface area contributed by atoms with Crippen molar-refractivity contribution in [1.82, 2.24) is 5.48 Å². The molecule has 0 aliphatic carbocycles. The number of ether oxygens (including phenoxy) is 1. The number of hydrogen-bond acceptors (Lipinski definition) is 3. The zero-order valence-electron chi connectivity index (χ0n) is 7.27. The van der Waals surface area contributed by atoms with E-state index in [1.165, 1.54) is 0 Å². The van der Waals surface area contributed by atoms with Crippen molar-refractivity contribution in [3.63, 3.8) is 0 Å². The molecule has 1 aromatic rings. The summed E-state index contributed by atoms with van der Waals surface area (Å²) < 4.78 is 30.9. The van der Waals surface area contributed by atoms with Crippen molar-refractivity contribution in [3.05, 3.63) is 28.3 Å². The van der Waals surface area contributed by atoms with Gasteiger partial charge in [0.25, 0.3) is 0 Å². The van der Waals surface area contributed by atoms with Crippen molar-refractivity contribution in [3.8, 4) is 5.75 Å². The lowest BCUT2D eigenvalue weighted by atomic mass is 10.2. The smallest absolute Gasteiger partial charge is 0.192 e. The third kappa shape index (κ3) is 1.95. The highest BCUT2D eigenvalue weighted by atomic mass is 35.5. The lowest BCUT2D eigenvalue weighted by Crippen LogP contribution is -2.09. The minimum Gasteiger partial charge on any atom is -0.491 e. The van der Waals surface area contributed by atoms with Gasteiger partial charge in [0, 0.05) is 12.1 Å². The van der Waals surface area contributed by atoms with Gasteiger partial charge in [0.1, 0.15) is 0 Å². The van der Waals surface area contributed by atoms with Gasteiger partial charge in [-0.2, -0.15) is 0 Å². The summed E-state index contributed by atoms with van der Waals surface area (Å²) in [5.74, 6) is -2.38. The maximum atomic E-state index is 13.3. The summed E-state index contributed by atoms with van der Waals surface area (Å²) in [6.45, 7) is -0.178. The Kier molecular flexibility index (Phi) is 3.62. The first-order valence-corrected chi connectivity index (χ1v) is 4.07. The molecule has 0 saturated heterocycles. The molecule has 6 heteroatoms. The van der Waals surface area contributed by atoms with Crippen LogP contribution in [0.5, 0.6) is 5.75 Å². The van der Waals surface area contributed by atoms with Crippen LogP contribution in [0.4, 0.5) is 8.78 Å². The van der Waals surface area contributed by atoms with Crippen molar-refractivity contribution < 1.29 is 18.7 Å². The fourth-order valence-electron chi connectivity index (χ4n) is 1.02. The van der Waals surface area contributed by atoms with E-state index in [0.29, 0.717) is 0 Å². The SMILES string of the molecule is COc1c(F)c(Cl)cc(CNO)c1F. The first kappa shape index (κ1) is 11.2. The number of nitrogens with one attached hydrogen (secondary N) is 1. The molecule has 0 saturated carbocycles. The van der Waals surface area contributed by atoms with Crippen LogP contribution in [0.3, 0.4) is 0 Å². The van der Waals surface area contributed by atoms with Crippen LogP contribution in [0.15, 0.2) is 6.07 Å². The van der Waals surface area contributed by atoms with E-state index in [0.717, 1.165) is 13.2 Å². The second-order valence-corrected chi connectivity index (χ2v) is 2.92. The normalized spacial score (nSPS) is 10.4. The van der Waals surface area contributed by atoms with Crippen LogP contribution < -0.4 is 10.2 Å². The first-order valence-electron chi connectivity index (χ1n) is 3.69. The molecule has 1 rings (SSSR count). The summed E-state index contributed by atoms with van der Waals surface area (Å²) in [6, 6.07) is 1.08. The van der Waals surface area contributed by atoms with Gasteiger partial charge in [-0.3, -0.25) is 0 Å². The average Bonchev–Trinajstić information content (AvgIpc) is 2.16. The highest BCUT2D eigenvalue weighted by molar-refractivity contribution is 6.31. The van der Waals surface area contributed by atoms with Crippen LogP contribution in [-0.4, -0.2) is 12.3 Å². The summed E-state index contributed by atoms with van der Waals surface area (Å²) in [5, 5.41) is 8.12. The van der Waals surface area contributed by atoms with E-state index in [1.54, 1.807) is 5.48 Å². The fraction of sp³-hybridized carbons (Fsp3) is 0.250. The highest BCUT2D eigenvalue weighted by Gasteiger charge is 2.17. The van der Waals surface area contributed by atoms with Gasteiger partial charge in [-0.05, 0) is 6.07 Å². The van der Waals surface area contributed by atoms with Crippen LogP contribution >= 0.6 is 11.6 Å². The maximum absolute atomic E-state index is 13.3. The molecule has 0 atom stereocenters. The van der Waals surface area contributed by atoms with E-state index < -0.39 is 17.4 Å². The Labute approximate surface area is 84.2 Å². The lowest BCUT2D eigenvalue weighted by Gasteiger charge is -2.09. The molecule has 2 N–H and O–H groups in total. The monoisotopic (exact) mass is 223 g/mol. The van der Waals surface area contributed by atoms with E-state index in [2.05, 4.69) is 4.74 Å². The minimum atomic E-state index is -0.951. The quantitative estimate of drug-likeness (QED) is 0.609. The van der Waals surface area contributed by atoms with Crippen molar-refractivity contribution in [2.75, 3.05) is 7.11 Å². The van der Waals surface area contributed by atoms with Gasteiger partial charge in [0.05, 0.1) is 12.1 Å². The molecule has 0 bridgehead atoms. The Hall–Kier alpha value is -0.910. The van der Waals surface area contributed by atoms with E-state index in [-0.39, 0.29) is 17.1 Å². The van der Waals surface area contributed by atoms with Gasteiger partial charge < -0.3 is 9.94 Å². The average molecular weight is 224 g/mol. The highest BCUT2D eigenvalue weighted by Crippen LogP contribution is 2.30. The van der Waals surface area contributed by atoms with Crippen LogP contribution in [0.2, 0.25) is 5.02 Å². The van der Waals surface area contributed by atoms with Crippen LogP contribution in [0.1, 0.15) is 5.56 Å². The topological polar surface area (TPSA) is 41.5 Å². The molecule has 0 aliphatic rings. The molecular weight excluding hydrogens is 216 g/mol. The van der Waals surface area contributed by atoms with Gasteiger partial charge in [-0.15, -0.1) is 0 Å². The largest absolute Gasteiger partial charge is 0.491 e. The third-order valence-corrected chi connectivity index (χ3v) is 1.94. The van der Waals surface area contributed by atoms with E-state index in [4.69, 9.17) is 16.8 Å². The molecule has 3 nitrogen and oxygen atoms in total. The van der Waals surface area contributed by atoms with E-state index >= 15 is 0 Å². The second-order valence-electron chi connectivity index (χ2n) is 2.51. The summed E-state index contributed by atoms with van der Waals surface area (Å²) in [7, 11) is 1.13. The van der Waals surface area contributed by atoms with Gasteiger partial charge in [0.15, 0.2) is 17.4 Å². The van der Waals surface area contributed by atoms with Crippen molar-refractivity contribution in [2.45, 2.75) is 6.54 Å². The summed E-state index contributed by atoms with van der Waals surface area (Å²) >= 11 is 5.47. The molecule has 0 fully saturated rings. The molecule has 0 unspecified atom stereocenters. The van der Waals surface area contributed by atoms with Crippen molar-refractivity contribution in [1.29, 1.82) is 0 Å². The molecule has 1 aromatic carbocycles. The Morgan fingerprint density at radius 1 is 1.50 bits per heavy atom. The van der Waals surface area contributed by atoms with Crippen LogP contribution in [0.25, 0.3) is 0 Å². The lowest BCUT2D eigenvalue weighted by molar-refractivity contribution is 0.159. The predicted molar refractivity (Wildman–Crippen MR) is 46.5 cm³/mol.